The van der Waals surface area contributed by atoms with Gasteiger partial charge in [0.25, 0.3) is 5.91 Å². The molecule has 0 aliphatic rings. The molecule has 0 fully saturated rings. The van der Waals surface area contributed by atoms with Crippen molar-refractivity contribution in [1.82, 2.24) is 29.6 Å². The summed E-state index contributed by atoms with van der Waals surface area (Å²) in [4.78, 5) is 22.2. The summed E-state index contributed by atoms with van der Waals surface area (Å²) in [7, 11) is 3.57. The summed E-state index contributed by atoms with van der Waals surface area (Å²) >= 11 is 5.93. The second-order valence-corrected chi connectivity index (χ2v) is 6.23. The number of amides is 1. The van der Waals surface area contributed by atoms with E-state index in [0.717, 1.165) is 11.3 Å². The fraction of sp³-hybridized carbons (Fsp3) is 0.294. The van der Waals surface area contributed by atoms with Crippen LogP contribution in [-0.2, 0) is 20.0 Å². The molecule has 0 unspecified atom stereocenters. The van der Waals surface area contributed by atoms with Crippen LogP contribution in [0.5, 0.6) is 0 Å². The van der Waals surface area contributed by atoms with Crippen molar-refractivity contribution in [2.45, 2.75) is 19.9 Å². The van der Waals surface area contributed by atoms with E-state index in [0.29, 0.717) is 35.3 Å². The van der Waals surface area contributed by atoms with E-state index in [9.17, 15) is 4.79 Å². The maximum Gasteiger partial charge on any atom is 0.274 e. The average Bonchev–Trinajstić information content (AvgIpc) is 3.21. The Labute approximate surface area is 150 Å². The number of aromatic amines is 1. The van der Waals surface area contributed by atoms with Crippen LogP contribution in [0, 0.1) is 0 Å². The minimum atomic E-state index is -0.156. The molecule has 0 aliphatic heterocycles. The van der Waals surface area contributed by atoms with Gasteiger partial charge in [-0.3, -0.25) is 4.79 Å². The van der Waals surface area contributed by atoms with Crippen LogP contribution in [0.4, 0.5) is 0 Å². The first-order valence-electron chi connectivity index (χ1n) is 7.92. The van der Waals surface area contributed by atoms with E-state index in [1.165, 1.54) is 0 Å². The van der Waals surface area contributed by atoms with Gasteiger partial charge in [0, 0.05) is 30.4 Å². The number of carbonyl (C=O) groups is 1. The topological polar surface area (TPSA) is 79.7 Å². The first-order valence-corrected chi connectivity index (χ1v) is 8.30. The van der Waals surface area contributed by atoms with Gasteiger partial charge in [-0.15, -0.1) is 10.2 Å². The monoisotopic (exact) mass is 358 g/mol. The van der Waals surface area contributed by atoms with Crippen molar-refractivity contribution in [3.63, 3.8) is 0 Å². The van der Waals surface area contributed by atoms with Crippen molar-refractivity contribution >= 4 is 17.5 Å². The molecule has 3 rings (SSSR count). The van der Waals surface area contributed by atoms with Gasteiger partial charge in [-0.2, -0.15) is 0 Å². The second-order valence-electron chi connectivity index (χ2n) is 5.79. The van der Waals surface area contributed by atoms with E-state index in [1.807, 2.05) is 26.1 Å². The summed E-state index contributed by atoms with van der Waals surface area (Å²) in [6.45, 7) is 2.35. The molecule has 2 heterocycles. The van der Waals surface area contributed by atoms with Crippen LogP contribution in [-0.4, -0.2) is 42.6 Å². The quantitative estimate of drug-likeness (QED) is 0.760. The van der Waals surface area contributed by atoms with E-state index < -0.39 is 0 Å². The van der Waals surface area contributed by atoms with Crippen LogP contribution in [0.3, 0.4) is 0 Å². The van der Waals surface area contributed by atoms with Crippen molar-refractivity contribution in [3.05, 3.63) is 52.8 Å². The van der Waals surface area contributed by atoms with Crippen LogP contribution in [0.2, 0.25) is 5.02 Å². The van der Waals surface area contributed by atoms with Gasteiger partial charge in [-0.25, -0.2) is 4.98 Å². The predicted molar refractivity (Wildman–Crippen MR) is 95.2 cm³/mol. The zero-order valence-electron chi connectivity index (χ0n) is 14.3. The fourth-order valence-electron chi connectivity index (χ4n) is 2.50. The fourth-order valence-corrected chi connectivity index (χ4v) is 2.63. The maximum atomic E-state index is 12.8. The Morgan fingerprint density at radius 1 is 1.32 bits per heavy atom. The molecule has 0 spiro atoms. The molecule has 2 aromatic heterocycles. The Bertz CT molecular complexity index is 883. The summed E-state index contributed by atoms with van der Waals surface area (Å²) in [6.07, 6.45) is 2.29. The van der Waals surface area contributed by atoms with Gasteiger partial charge in [0.15, 0.2) is 5.82 Å². The Hall–Kier alpha value is -2.67. The third kappa shape index (κ3) is 3.56. The predicted octanol–water partition coefficient (Wildman–Crippen LogP) is 2.69. The van der Waals surface area contributed by atoms with E-state index in [-0.39, 0.29) is 5.91 Å². The Balaban J connectivity index is 1.86. The number of benzene rings is 1. The van der Waals surface area contributed by atoms with E-state index in [2.05, 4.69) is 20.2 Å². The van der Waals surface area contributed by atoms with Crippen molar-refractivity contribution in [1.29, 1.82) is 0 Å². The summed E-state index contributed by atoms with van der Waals surface area (Å²) in [5.74, 6) is 1.21. The molecule has 8 heteroatoms. The van der Waals surface area contributed by atoms with Crippen LogP contribution in [0.15, 0.2) is 30.6 Å². The first kappa shape index (κ1) is 17.2. The number of aryl methyl sites for hydroxylation is 2. The lowest BCUT2D eigenvalue weighted by molar-refractivity contribution is 0.0774. The normalized spacial score (nSPS) is 10.9. The second kappa shape index (κ2) is 7.06. The van der Waals surface area contributed by atoms with Crippen molar-refractivity contribution in [2.24, 2.45) is 7.05 Å². The number of H-pyrrole nitrogens is 1. The zero-order chi connectivity index (χ0) is 18.0. The molecule has 1 amide bonds. The highest BCUT2D eigenvalue weighted by Gasteiger charge is 2.21. The molecular weight excluding hydrogens is 340 g/mol. The van der Waals surface area contributed by atoms with E-state index in [4.69, 9.17) is 11.6 Å². The molecule has 3 aromatic rings. The molecule has 0 radical (unpaired) electrons. The van der Waals surface area contributed by atoms with Crippen LogP contribution in [0.1, 0.15) is 28.9 Å². The van der Waals surface area contributed by atoms with Crippen LogP contribution < -0.4 is 0 Å². The summed E-state index contributed by atoms with van der Waals surface area (Å²) in [5, 5.41) is 8.51. The third-order valence-corrected chi connectivity index (χ3v) is 4.23. The lowest BCUT2D eigenvalue weighted by Gasteiger charge is -2.15. The van der Waals surface area contributed by atoms with Crippen molar-refractivity contribution < 1.29 is 4.79 Å². The first-order chi connectivity index (χ1) is 12.0. The number of aromatic nitrogens is 5. The van der Waals surface area contributed by atoms with Crippen LogP contribution in [0.25, 0.3) is 11.4 Å². The Kier molecular flexibility index (Phi) is 4.85. The largest absolute Gasteiger partial charge is 0.341 e. The molecule has 1 aromatic carbocycles. The average molecular weight is 359 g/mol. The molecule has 130 valence electrons. The van der Waals surface area contributed by atoms with Gasteiger partial charge in [-0.05, 0) is 30.7 Å². The molecule has 25 heavy (non-hydrogen) atoms. The molecule has 1 N–H and O–H groups in total. The highest BCUT2D eigenvalue weighted by molar-refractivity contribution is 6.30. The van der Waals surface area contributed by atoms with Gasteiger partial charge < -0.3 is 14.5 Å². The van der Waals surface area contributed by atoms with Gasteiger partial charge in [0.1, 0.15) is 17.8 Å². The van der Waals surface area contributed by atoms with Gasteiger partial charge in [0.2, 0.25) is 0 Å². The summed E-state index contributed by atoms with van der Waals surface area (Å²) in [6, 6.07) is 7.34. The maximum absolute atomic E-state index is 12.8. The Morgan fingerprint density at radius 2 is 2.04 bits per heavy atom. The highest BCUT2D eigenvalue weighted by atomic mass is 35.5. The number of nitrogens with zero attached hydrogens (tertiary/aromatic N) is 5. The summed E-state index contributed by atoms with van der Waals surface area (Å²) < 4.78 is 1.79. The number of carbonyl (C=O) groups excluding carboxylic acids is 1. The third-order valence-electron chi connectivity index (χ3n) is 3.98. The molecule has 0 aliphatic carbocycles. The number of rotatable bonds is 5. The molecule has 0 bridgehead atoms. The molecule has 0 saturated heterocycles. The lowest BCUT2D eigenvalue weighted by atomic mass is 10.2. The summed E-state index contributed by atoms with van der Waals surface area (Å²) in [5.41, 5.74) is 2.12. The van der Waals surface area contributed by atoms with Gasteiger partial charge in [-0.1, -0.05) is 18.5 Å². The standard InChI is InChI=1S/C17H19ClN6O/c1-4-13-15(17(25)23(2)9-14-22-19-10-24(14)3)21-16(20-13)11-5-7-12(18)8-6-11/h5-8,10H,4,9H2,1-3H3,(H,20,21). The van der Waals surface area contributed by atoms with Gasteiger partial charge in [0.05, 0.1) is 6.54 Å². The van der Waals surface area contributed by atoms with E-state index in [1.54, 1.807) is 35.0 Å². The number of imidazole rings is 1. The van der Waals surface area contributed by atoms with Crippen LogP contribution >= 0.6 is 11.6 Å². The molecule has 7 nitrogen and oxygen atoms in total. The van der Waals surface area contributed by atoms with E-state index >= 15 is 0 Å². The van der Waals surface area contributed by atoms with Crippen molar-refractivity contribution in [3.8, 4) is 11.4 Å². The minimum absolute atomic E-state index is 0.156. The highest BCUT2D eigenvalue weighted by Crippen LogP contribution is 2.22. The Morgan fingerprint density at radius 3 is 2.64 bits per heavy atom. The lowest BCUT2D eigenvalue weighted by Crippen LogP contribution is -2.28. The zero-order valence-corrected chi connectivity index (χ0v) is 15.1. The number of hydrogen-bond acceptors (Lipinski definition) is 4. The van der Waals surface area contributed by atoms with Gasteiger partial charge >= 0.3 is 0 Å². The SMILES string of the molecule is CCc1[nH]c(-c2ccc(Cl)cc2)nc1C(=O)N(C)Cc1nncn1C. The number of hydrogen-bond donors (Lipinski definition) is 1. The van der Waals surface area contributed by atoms with Crippen molar-refractivity contribution in [2.75, 3.05) is 7.05 Å². The molecule has 0 atom stereocenters. The minimum Gasteiger partial charge on any atom is -0.341 e. The number of halogens is 1. The molecular formula is C17H19ClN6O. The molecule has 0 saturated carbocycles. The number of nitrogens with one attached hydrogen (secondary N) is 1. The smallest absolute Gasteiger partial charge is 0.274 e.